The Bertz CT molecular complexity index is 462. The van der Waals surface area contributed by atoms with Crippen LogP contribution in [0, 0.1) is 6.92 Å². The number of thiazole rings is 1. The largest absolute Gasteiger partial charge is 0.326 e. The van der Waals surface area contributed by atoms with E-state index in [0.717, 1.165) is 15.4 Å². The molecule has 2 aromatic rings. The minimum Gasteiger partial charge on any atom is -0.326 e. The SMILES string of the molecule is Cc1ccc(-c2nc(Cl)c(CN)s2)cc1. The number of aryl methyl sites for hydroxylation is 1. The van der Waals surface area contributed by atoms with Crippen molar-refractivity contribution in [2.24, 2.45) is 5.73 Å². The van der Waals surface area contributed by atoms with Gasteiger partial charge < -0.3 is 5.73 Å². The van der Waals surface area contributed by atoms with E-state index in [1.54, 1.807) is 11.3 Å². The zero-order valence-electron chi connectivity index (χ0n) is 8.33. The standard InChI is InChI=1S/C11H11ClN2S/c1-7-2-4-8(5-3-7)11-14-10(12)9(6-13)15-11/h2-5H,6,13H2,1H3. The summed E-state index contributed by atoms with van der Waals surface area (Å²) in [6.45, 7) is 2.51. The molecule has 1 aromatic heterocycles. The molecule has 0 radical (unpaired) electrons. The molecule has 15 heavy (non-hydrogen) atoms. The number of rotatable bonds is 2. The molecule has 0 amide bonds. The normalized spacial score (nSPS) is 10.6. The van der Waals surface area contributed by atoms with Gasteiger partial charge in [-0.2, -0.15) is 0 Å². The van der Waals surface area contributed by atoms with Gasteiger partial charge in [0.1, 0.15) is 10.2 Å². The average Bonchev–Trinajstić information content (AvgIpc) is 2.61. The Labute approximate surface area is 97.7 Å². The number of hydrogen-bond acceptors (Lipinski definition) is 3. The number of halogens is 1. The summed E-state index contributed by atoms with van der Waals surface area (Å²) >= 11 is 7.50. The zero-order valence-corrected chi connectivity index (χ0v) is 9.90. The summed E-state index contributed by atoms with van der Waals surface area (Å²) in [5.74, 6) is 0. The van der Waals surface area contributed by atoms with Gasteiger partial charge in [0.25, 0.3) is 0 Å². The van der Waals surface area contributed by atoms with Crippen molar-refractivity contribution in [3.05, 3.63) is 39.9 Å². The van der Waals surface area contributed by atoms with Gasteiger partial charge in [-0.1, -0.05) is 41.4 Å². The summed E-state index contributed by atoms with van der Waals surface area (Å²) in [4.78, 5) is 5.22. The van der Waals surface area contributed by atoms with E-state index >= 15 is 0 Å². The minimum absolute atomic E-state index is 0.447. The van der Waals surface area contributed by atoms with Crippen LogP contribution in [0.4, 0.5) is 0 Å². The van der Waals surface area contributed by atoms with Gasteiger partial charge in [-0.15, -0.1) is 11.3 Å². The average molecular weight is 239 g/mol. The van der Waals surface area contributed by atoms with Crippen molar-refractivity contribution in [3.8, 4) is 10.6 Å². The maximum Gasteiger partial charge on any atom is 0.145 e. The number of aromatic nitrogens is 1. The van der Waals surface area contributed by atoms with Gasteiger partial charge in [0.2, 0.25) is 0 Å². The van der Waals surface area contributed by atoms with E-state index in [0.29, 0.717) is 11.7 Å². The Kier molecular flexibility index (Phi) is 3.05. The summed E-state index contributed by atoms with van der Waals surface area (Å²) in [6.07, 6.45) is 0. The van der Waals surface area contributed by atoms with Crippen LogP contribution >= 0.6 is 22.9 Å². The van der Waals surface area contributed by atoms with E-state index in [1.807, 2.05) is 12.1 Å². The molecule has 2 N–H and O–H groups in total. The Morgan fingerprint density at radius 1 is 1.33 bits per heavy atom. The summed E-state index contributed by atoms with van der Waals surface area (Å²) < 4.78 is 0. The van der Waals surface area contributed by atoms with E-state index in [1.165, 1.54) is 5.56 Å². The first-order chi connectivity index (χ1) is 7.20. The van der Waals surface area contributed by atoms with Crippen LogP contribution in [0.1, 0.15) is 10.4 Å². The molecule has 0 saturated carbocycles. The lowest BCUT2D eigenvalue weighted by atomic mass is 10.2. The van der Waals surface area contributed by atoms with Crippen LogP contribution in [0.25, 0.3) is 10.6 Å². The zero-order chi connectivity index (χ0) is 10.8. The van der Waals surface area contributed by atoms with Crippen molar-refractivity contribution in [2.75, 3.05) is 0 Å². The molecule has 2 nitrogen and oxygen atoms in total. The van der Waals surface area contributed by atoms with E-state index in [2.05, 4.69) is 24.0 Å². The molecule has 78 valence electrons. The van der Waals surface area contributed by atoms with Crippen molar-refractivity contribution in [3.63, 3.8) is 0 Å². The lowest BCUT2D eigenvalue weighted by Gasteiger charge is -1.95. The molecule has 0 aliphatic rings. The highest BCUT2D eigenvalue weighted by Gasteiger charge is 2.08. The molecule has 0 saturated heterocycles. The maximum atomic E-state index is 5.95. The second-order valence-corrected chi connectivity index (χ2v) is 4.74. The fourth-order valence-corrected chi connectivity index (χ4v) is 2.44. The van der Waals surface area contributed by atoms with Crippen molar-refractivity contribution < 1.29 is 0 Å². The van der Waals surface area contributed by atoms with Gasteiger partial charge in [-0.25, -0.2) is 4.98 Å². The van der Waals surface area contributed by atoms with Crippen LogP contribution < -0.4 is 5.73 Å². The second kappa shape index (κ2) is 4.31. The van der Waals surface area contributed by atoms with E-state index < -0.39 is 0 Å². The van der Waals surface area contributed by atoms with E-state index in [-0.39, 0.29) is 0 Å². The van der Waals surface area contributed by atoms with Crippen LogP contribution in [-0.2, 0) is 6.54 Å². The predicted octanol–water partition coefficient (Wildman–Crippen LogP) is 3.23. The monoisotopic (exact) mass is 238 g/mol. The summed E-state index contributed by atoms with van der Waals surface area (Å²) in [5, 5.41) is 1.46. The summed E-state index contributed by atoms with van der Waals surface area (Å²) in [6, 6.07) is 8.22. The minimum atomic E-state index is 0.447. The highest BCUT2D eigenvalue weighted by atomic mass is 35.5. The van der Waals surface area contributed by atoms with Crippen LogP contribution in [0.5, 0.6) is 0 Å². The molecule has 0 fully saturated rings. The molecule has 0 aliphatic heterocycles. The third-order valence-electron chi connectivity index (χ3n) is 2.13. The molecule has 1 heterocycles. The van der Waals surface area contributed by atoms with Gasteiger partial charge in [0, 0.05) is 12.1 Å². The quantitative estimate of drug-likeness (QED) is 0.873. The Hall–Kier alpha value is -0.900. The smallest absolute Gasteiger partial charge is 0.145 e. The van der Waals surface area contributed by atoms with Crippen molar-refractivity contribution in [1.29, 1.82) is 0 Å². The molecule has 0 unspecified atom stereocenters. The number of nitrogens with zero attached hydrogens (tertiary/aromatic N) is 1. The fourth-order valence-electron chi connectivity index (χ4n) is 1.28. The topological polar surface area (TPSA) is 38.9 Å². The van der Waals surface area contributed by atoms with Crippen LogP contribution in [0.15, 0.2) is 24.3 Å². The molecular weight excluding hydrogens is 228 g/mol. The summed E-state index contributed by atoms with van der Waals surface area (Å²) in [5.41, 5.74) is 7.88. The van der Waals surface area contributed by atoms with Gasteiger partial charge in [0.05, 0.1) is 4.88 Å². The first-order valence-corrected chi connectivity index (χ1v) is 5.82. The van der Waals surface area contributed by atoms with Crippen molar-refractivity contribution in [1.82, 2.24) is 4.98 Å². The molecule has 0 bridgehead atoms. The maximum absolute atomic E-state index is 5.95. The fraction of sp³-hybridized carbons (Fsp3) is 0.182. The first-order valence-electron chi connectivity index (χ1n) is 4.63. The lowest BCUT2D eigenvalue weighted by Crippen LogP contribution is -1.92. The molecule has 0 aliphatic carbocycles. The predicted molar refractivity (Wildman–Crippen MR) is 65.2 cm³/mol. The lowest BCUT2D eigenvalue weighted by molar-refractivity contribution is 1.10. The Morgan fingerprint density at radius 3 is 2.53 bits per heavy atom. The first kappa shape index (κ1) is 10.6. The molecule has 4 heteroatoms. The van der Waals surface area contributed by atoms with Gasteiger partial charge >= 0.3 is 0 Å². The molecular formula is C11H11ClN2S. The van der Waals surface area contributed by atoms with Crippen LogP contribution in [0.3, 0.4) is 0 Å². The highest BCUT2D eigenvalue weighted by molar-refractivity contribution is 7.15. The van der Waals surface area contributed by atoms with Gasteiger partial charge in [0.15, 0.2) is 0 Å². The van der Waals surface area contributed by atoms with Crippen molar-refractivity contribution in [2.45, 2.75) is 13.5 Å². The third kappa shape index (κ3) is 2.20. The van der Waals surface area contributed by atoms with Crippen LogP contribution in [0.2, 0.25) is 5.15 Å². The van der Waals surface area contributed by atoms with E-state index in [4.69, 9.17) is 17.3 Å². The summed E-state index contributed by atoms with van der Waals surface area (Å²) in [7, 11) is 0. The third-order valence-corrected chi connectivity index (χ3v) is 3.69. The molecule has 1 aromatic carbocycles. The molecule has 0 spiro atoms. The van der Waals surface area contributed by atoms with Crippen LogP contribution in [-0.4, -0.2) is 4.98 Å². The molecule has 2 rings (SSSR count). The van der Waals surface area contributed by atoms with Gasteiger partial charge in [-0.05, 0) is 6.92 Å². The highest BCUT2D eigenvalue weighted by Crippen LogP contribution is 2.30. The van der Waals surface area contributed by atoms with E-state index in [9.17, 15) is 0 Å². The van der Waals surface area contributed by atoms with Crippen molar-refractivity contribution >= 4 is 22.9 Å². The molecule has 0 atom stereocenters. The number of benzene rings is 1. The number of nitrogens with two attached hydrogens (primary N) is 1. The van der Waals surface area contributed by atoms with Gasteiger partial charge in [-0.3, -0.25) is 0 Å². The second-order valence-electron chi connectivity index (χ2n) is 3.30. The Balaban J connectivity index is 2.41. The Morgan fingerprint density at radius 2 is 2.00 bits per heavy atom. The number of hydrogen-bond donors (Lipinski definition) is 1.